The third kappa shape index (κ3) is 2.76. The predicted octanol–water partition coefficient (Wildman–Crippen LogP) is 2.49. The van der Waals surface area contributed by atoms with Gasteiger partial charge in [0.15, 0.2) is 0 Å². The van der Waals surface area contributed by atoms with Crippen molar-refractivity contribution in [2.75, 3.05) is 26.2 Å². The van der Waals surface area contributed by atoms with Crippen molar-refractivity contribution >= 4 is 27.3 Å². The van der Waals surface area contributed by atoms with E-state index < -0.39 is 0 Å². The minimum absolute atomic E-state index is 0.0358. The first-order valence-corrected chi connectivity index (χ1v) is 8.80. The number of fused-ring (bicyclic) bond motifs is 3. The van der Waals surface area contributed by atoms with Crippen LogP contribution in [0.1, 0.15) is 23.2 Å². The summed E-state index contributed by atoms with van der Waals surface area (Å²) in [5, 5.41) is 6.06. The van der Waals surface area contributed by atoms with Crippen LogP contribution < -0.4 is 5.32 Å². The molecule has 116 valence electrons. The topological polar surface area (TPSA) is 41.6 Å². The molecule has 0 aliphatic carbocycles. The van der Waals surface area contributed by atoms with E-state index in [0.717, 1.165) is 35.3 Å². The quantitative estimate of drug-likeness (QED) is 0.942. The smallest absolute Gasteiger partial charge is 0.252 e. The molecule has 0 spiro atoms. The number of ether oxygens (including phenoxy) is 1. The summed E-state index contributed by atoms with van der Waals surface area (Å²) < 4.78 is 7.00. The molecule has 2 unspecified atom stereocenters. The molecule has 2 aromatic rings. The van der Waals surface area contributed by atoms with Crippen molar-refractivity contribution < 1.29 is 9.53 Å². The fourth-order valence-electron chi connectivity index (χ4n) is 3.46. The summed E-state index contributed by atoms with van der Waals surface area (Å²) >= 11 is 1.62. The molecular weight excluding hydrogens is 296 g/mol. The molecular formula is C17H20N2O2S. The van der Waals surface area contributed by atoms with Gasteiger partial charge in [0.2, 0.25) is 0 Å². The molecule has 1 aromatic carbocycles. The minimum atomic E-state index is 0.0358. The van der Waals surface area contributed by atoms with Gasteiger partial charge in [-0.15, -0.1) is 11.3 Å². The fraction of sp³-hybridized carbons (Fsp3) is 0.471. The molecule has 2 aliphatic heterocycles. The number of carbonyl (C=O) groups excluding carboxylic acids is 1. The zero-order valence-corrected chi connectivity index (χ0v) is 13.3. The van der Waals surface area contributed by atoms with Gasteiger partial charge in [0.1, 0.15) is 0 Å². The largest absolute Gasteiger partial charge is 0.372 e. The van der Waals surface area contributed by atoms with Gasteiger partial charge in [0.05, 0.1) is 17.8 Å². The van der Waals surface area contributed by atoms with E-state index in [1.807, 2.05) is 23.6 Å². The first-order valence-electron chi connectivity index (χ1n) is 7.92. The standard InChI is InChI=1S/C17H20N2O2S/c20-17(15-11-22-16-4-2-1-3-14(15)16)18-7-8-19-9-12-5-6-13(10-19)21-12/h1-4,11-13H,5-10H2,(H,18,20). The maximum atomic E-state index is 12.4. The lowest BCUT2D eigenvalue weighted by Gasteiger charge is -2.31. The van der Waals surface area contributed by atoms with Gasteiger partial charge in [-0.05, 0) is 18.9 Å². The Labute approximate surface area is 134 Å². The molecule has 0 radical (unpaired) electrons. The highest BCUT2D eigenvalue weighted by Gasteiger charge is 2.33. The van der Waals surface area contributed by atoms with Gasteiger partial charge in [-0.25, -0.2) is 0 Å². The van der Waals surface area contributed by atoms with Gasteiger partial charge in [0.25, 0.3) is 5.91 Å². The molecule has 2 atom stereocenters. The summed E-state index contributed by atoms with van der Waals surface area (Å²) in [6.45, 7) is 3.62. The average Bonchev–Trinajstić information content (AvgIpc) is 3.10. The summed E-state index contributed by atoms with van der Waals surface area (Å²) in [6, 6.07) is 8.06. The van der Waals surface area contributed by atoms with E-state index in [2.05, 4.69) is 16.3 Å². The monoisotopic (exact) mass is 316 g/mol. The second-order valence-electron chi connectivity index (χ2n) is 6.12. The van der Waals surface area contributed by atoms with Crippen LogP contribution in [0.15, 0.2) is 29.6 Å². The first kappa shape index (κ1) is 14.2. The van der Waals surface area contributed by atoms with Gasteiger partial charge >= 0.3 is 0 Å². The Balaban J connectivity index is 1.33. The number of thiophene rings is 1. The Morgan fingerprint density at radius 2 is 2.05 bits per heavy atom. The lowest BCUT2D eigenvalue weighted by Crippen LogP contribution is -2.45. The van der Waals surface area contributed by atoms with Crippen molar-refractivity contribution in [2.24, 2.45) is 0 Å². The van der Waals surface area contributed by atoms with Gasteiger partial charge in [-0.3, -0.25) is 9.69 Å². The van der Waals surface area contributed by atoms with E-state index in [9.17, 15) is 4.79 Å². The molecule has 4 rings (SSSR count). The van der Waals surface area contributed by atoms with Crippen LogP contribution in [-0.2, 0) is 4.74 Å². The van der Waals surface area contributed by atoms with Crippen LogP contribution in [0.5, 0.6) is 0 Å². The normalized spacial score (nSPS) is 24.7. The number of benzene rings is 1. The lowest BCUT2D eigenvalue weighted by atomic mass is 10.1. The summed E-state index contributed by atoms with van der Waals surface area (Å²) in [6.07, 6.45) is 3.20. The van der Waals surface area contributed by atoms with Gasteiger partial charge in [0, 0.05) is 41.6 Å². The Morgan fingerprint density at radius 3 is 2.86 bits per heavy atom. The molecule has 4 nitrogen and oxygen atoms in total. The van der Waals surface area contributed by atoms with Crippen molar-refractivity contribution in [3.63, 3.8) is 0 Å². The van der Waals surface area contributed by atoms with Crippen LogP contribution in [0.4, 0.5) is 0 Å². The molecule has 1 amide bonds. The third-order valence-corrected chi connectivity index (χ3v) is 5.52. The van der Waals surface area contributed by atoms with Crippen LogP contribution in [0.3, 0.4) is 0 Å². The molecule has 1 aromatic heterocycles. The van der Waals surface area contributed by atoms with Gasteiger partial charge < -0.3 is 10.1 Å². The number of nitrogens with zero attached hydrogens (tertiary/aromatic N) is 1. The number of amides is 1. The van der Waals surface area contributed by atoms with Crippen LogP contribution in [0.25, 0.3) is 10.1 Å². The minimum Gasteiger partial charge on any atom is -0.372 e. The Kier molecular flexibility index (Phi) is 3.86. The van der Waals surface area contributed by atoms with Crippen molar-refractivity contribution in [2.45, 2.75) is 25.0 Å². The molecule has 2 fully saturated rings. The summed E-state index contributed by atoms with van der Waals surface area (Å²) in [5.41, 5.74) is 0.794. The number of hydrogen-bond acceptors (Lipinski definition) is 4. The van der Waals surface area contributed by atoms with E-state index >= 15 is 0 Å². The Morgan fingerprint density at radius 1 is 1.27 bits per heavy atom. The van der Waals surface area contributed by atoms with E-state index in [1.54, 1.807) is 11.3 Å². The van der Waals surface area contributed by atoms with Gasteiger partial charge in [-0.2, -0.15) is 0 Å². The maximum absolute atomic E-state index is 12.4. The Hall–Kier alpha value is -1.43. The number of likely N-dealkylation sites (tertiary alicyclic amines) is 1. The van der Waals surface area contributed by atoms with Crippen molar-refractivity contribution in [3.8, 4) is 0 Å². The molecule has 0 saturated carbocycles. The van der Waals surface area contributed by atoms with E-state index in [4.69, 9.17) is 4.74 Å². The molecule has 2 aliphatic rings. The summed E-state index contributed by atoms with van der Waals surface area (Å²) in [5.74, 6) is 0.0358. The van der Waals surface area contributed by atoms with E-state index in [-0.39, 0.29) is 5.91 Å². The number of morpholine rings is 1. The highest BCUT2D eigenvalue weighted by molar-refractivity contribution is 7.17. The predicted molar refractivity (Wildman–Crippen MR) is 88.5 cm³/mol. The van der Waals surface area contributed by atoms with Gasteiger partial charge in [-0.1, -0.05) is 18.2 Å². The van der Waals surface area contributed by atoms with Crippen molar-refractivity contribution in [1.29, 1.82) is 0 Å². The maximum Gasteiger partial charge on any atom is 0.252 e. The highest BCUT2D eigenvalue weighted by atomic mass is 32.1. The molecule has 2 bridgehead atoms. The van der Waals surface area contributed by atoms with E-state index in [1.165, 1.54) is 12.8 Å². The van der Waals surface area contributed by atoms with Crippen LogP contribution >= 0.6 is 11.3 Å². The Bertz CT molecular complexity index is 672. The lowest BCUT2D eigenvalue weighted by molar-refractivity contribution is -0.0375. The van der Waals surface area contributed by atoms with E-state index in [0.29, 0.717) is 18.8 Å². The first-order chi connectivity index (χ1) is 10.8. The van der Waals surface area contributed by atoms with Crippen LogP contribution in [-0.4, -0.2) is 49.2 Å². The number of hydrogen-bond donors (Lipinski definition) is 1. The van der Waals surface area contributed by atoms with Crippen LogP contribution in [0.2, 0.25) is 0 Å². The molecule has 5 heteroatoms. The van der Waals surface area contributed by atoms with Crippen molar-refractivity contribution in [1.82, 2.24) is 10.2 Å². The SMILES string of the molecule is O=C(NCCN1CC2CCC(C1)O2)c1csc2ccccc12. The third-order valence-electron chi connectivity index (χ3n) is 4.56. The molecule has 22 heavy (non-hydrogen) atoms. The van der Waals surface area contributed by atoms with Crippen LogP contribution in [0, 0.1) is 0 Å². The summed E-state index contributed by atoms with van der Waals surface area (Å²) in [7, 11) is 0. The number of carbonyl (C=O) groups is 1. The second kappa shape index (κ2) is 5.99. The highest BCUT2D eigenvalue weighted by Crippen LogP contribution is 2.26. The number of nitrogens with one attached hydrogen (secondary N) is 1. The zero-order valence-electron chi connectivity index (χ0n) is 12.5. The second-order valence-corrected chi connectivity index (χ2v) is 7.03. The zero-order chi connectivity index (χ0) is 14.9. The molecule has 1 N–H and O–H groups in total. The number of rotatable bonds is 4. The molecule has 2 saturated heterocycles. The fourth-order valence-corrected chi connectivity index (χ4v) is 4.40. The molecule has 3 heterocycles. The summed E-state index contributed by atoms with van der Waals surface area (Å²) in [4.78, 5) is 14.8. The average molecular weight is 316 g/mol. The van der Waals surface area contributed by atoms with Crippen molar-refractivity contribution in [3.05, 3.63) is 35.2 Å².